The van der Waals surface area contributed by atoms with Gasteiger partial charge < -0.3 is 0 Å². The van der Waals surface area contributed by atoms with Crippen LogP contribution in [0.4, 0.5) is 5.95 Å². The zero-order valence-electron chi connectivity index (χ0n) is 9.41. The van der Waals surface area contributed by atoms with Gasteiger partial charge in [-0.2, -0.15) is 4.80 Å². The average molecular weight is 288 g/mol. The van der Waals surface area contributed by atoms with Crippen molar-refractivity contribution >= 4 is 27.6 Å². The van der Waals surface area contributed by atoms with Gasteiger partial charge in [0.2, 0.25) is 0 Å². The quantitative estimate of drug-likeness (QED) is 0.838. The van der Waals surface area contributed by atoms with Crippen molar-refractivity contribution < 1.29 is 8.42 Å². The molecule has 18 heavy (non-hydrogen) atoms. The highest BCUT2D eigenvalue weighted by Gasteiger charge is 2.16. The number of alkyl halides is 1. The maximum absolute atomic E-state index is 11.9. The third-order valence-corrected chi connectivity index (χ3v) is 3.77. The van der Waals surface area contributed by atoms with Crippen molar-refractivity contribution in [3.8, 4) is 0 Å². The standard InChI is InChI=1S/C9H10ClN5O2S/c1-15-12-9(11-14-15)13-18(16,17)8-4-2-7(6-10)3-5-8/h2-5H,6H2,1H3,(H,12,13). The van der Waals surface area contributed by atoms with Crippen molar-refractivity contribution in [1.29, 1.82) is 0 Å². The second-order valence-corrected chi connectivity index (χ2v) is 5.44. The summed E-state index contributed by atoms with van der Waals surface area (Å²) >= 11 is 5.63. The fraction of sp³-hybridized carbons (Fsp3) is 0.222. The number of nitrogens with one attached hydrogen (secondary N) is 1. The Kier molecular flexibility index (Phi) is 3.48. The highest BCUT2D eigenvalue weighted by atomic mass is 35.5. The molecule has 7 nitrogen and oxygen atoms in total. The highest BCUT2D eigenvalue weighted by molar-refractivity contribution is 7.92. The van der Waals surface area contributed by atoms with E-state index >= 15 is 0 Å². The van der Waals surface area contributed by atoms with Crippen LogP contribution in [-0.4, -0.2) is 28.6 Å². The summed E-state index contributed by atoms with van der Waals surface area (Å²) in [6.07, 6.45) is 0. The molecule has 1 aromatic carbocycles. The molecule has 0 unspecified atom stereocenters. The van der Waals surface area contributed by atoms with Crippen LogP contribution in [0, 0.1) is 0 Å². The Balaban J connectivity index is 2.24. The number of halogens is 1. The Bertz CT molecular complexity index is 637. The van der Waals surface area contributed by atoms with Gasteiger partial charge in [0.25, 0.3) is 16.0 Å². The molecule has 0 radical (unpaired) electrons. The lowest BCUT2D eigenvalue weighted by Gasteiger charge is -2.04. The molecule has 0 aliphatic heterocycles. The largest absolute Gasteiger partial charge is 0.277 e. The molecule has 96 valence electrons. The lowest BCUT2D eigenvalue weighted by atomic mass is 10.2. The van der Waals surface area contributed by atoms with Gasteiger partial charge in [-0.05, 0) is 22.9 Å². The fourth-order valence-electron chi connectivity index (χ4n) is 1.26. The molecular formula is C9H10ClN5O2S. The van der Waals surface area contributed by atoms with Gasteiger partial charge in [0, 0.05) is 5.88 Å². The fourth-order valence-corrected chi connectivity index (χ4v) is 2.37. The van der Waals surface area contributed by atoms with Crippen LogP contribution < -0.4 is 4.72 Å². The lowest BCUT2D eigenvalue weighted by Crippen LogP contribution is -2.14. The van der Waals surface area contributed by atoms with Gasteiger partial charge in [0.15, 0.2) is 0 Å². The summed E-state index contributed by atoms with van der Waals surface area (Å²) < 4.78 is 26.1. The molecule has 1 heterocycles. The number of hydrogen-bond acceptors (Lipinski definition) is 5. The van der Waals surface area contributed by atoms with E-state index in [9.17, 15) is 8.42 Å². The number of benzene rings is 1. The molecule has 0 aliphatic carbocycles. The number of nitrogens with zero attached hydrogens (tertiary/aromatic N) is 4. The third-order valence-electron chi connectivity index (χ3n) is 2.12. The number of hydrogen-bond donors (Lipinski definition) is 1. The zero-order valence-corrected chi connectivity index (χ0v) is 11.0. The van der Waals surface area contributed by atoms with E-state index in [0.717, 1.165) is 10.4 Å². The molecule has 1 N–H and O–H groups in total. The predicted molar refractivity (Wildman–Crippen MR) is 65.6 cm³/mol. The molecule has 0 aliphatic rings. The number of tetrazole rings is 1. The normalized spacial score (nSPS) is 11.4. The zero-order chi connectivity index (χ0) is 13.2. The maximum atomic E-state index is 11.9. The smallest absolute Gasteiger partial charge is 0.245 e. The Morgan fingerprint density at radius 1 is 1.33 bits per heavy atom. The summed E-state index contributed by atoms with van der Waals surface area (Å²) in [6.45, 7) is 0. The van der Waals surface area contributed by atoms with E-state index in [0.29, 0.717) is 5.88 Å². The van der Waals surface area contributed by atoms with Crippen LogP contribution in [0.1, 0.15) is 5.56 Å². The molecule has 1 aromatic heterocycles. The number of aryl methyl sites for hydroxylation is 1. The Labute approximate surface area is 109 Å². The van der Waals surface area contributed by atoms with Crippen LogP contribution in [0.25, 0.3) is 0 Å². The number of aromatic nitrogens is 4. The van der Waals surface area contributed by atoms with Crippen LogP contribution in [0.2, 0.25) is 0 Å². The highest BCUT2D eigenvalue weighted by Crippen LogP contribution is 2.14. The van der Waals surface area contributed by atoms with E-state index in [1.54, 1.807) is 19.2 Å². The third kappa shape index (κ3) is 2.77. The molecule has 0 saturated heterocycles. The van der Waals surface area contributed by atoms with Gasteiger partial charge in [-0.3, -0.25) is 0 Å². The van der Waals surface area contributed by atoms with Crippen molar-refractivity contribution in [3.05, 3.63) is 29.8 Å². The lowest BCUT2D eigenvalue weighted by molar-refractivity contribution is 0.600. The summed E-state index contributed by atoms with van der Waals surface area (Å²) in [5.41, 5.74) is 0.841. The SMILES string of the molecule is Cn1nnc(NS(=O)(=O)c2ccc(CCl)cc2)n1. The van der Waals surface area contributed by atoms with Crippen molar-refractivity contribution in [2.45, 2.75) is 10.8 Å². The van der Waals surface area contributed by atoms with Crippen LogP contribution in [0.5, 0.6) is 0 Å². The van der Waals surface area contributed by atoms with Crippen LogP contribution in [-0.2, 0) is 23.0 Å². The molecule has 0 atom stereocenters. The van der Waals surface area contributed by atoms with Gasteiger partial charge in [-0.25, -0.2) is 13.1 Å². The van der Waals surface area contributed by atoms with E-state index in [-0.39, 0.29) is 10.8 Å². The first-order chi connectivity index (χ1) is 8.51. The minimum Gasteiger partial charge on any atom is -0.245 e. The molecule has 2 aromatic rings. The van der Waals surface area contributed by atoms with Gasteiger partial charge in [0.05, 0.1) is 11.9 Å². The summed E-state index contributed by atoms with van der Waals surface area (Å²) in [6, 6.07) is 6.23. The summed E-state index contributed by atoms with van der Waals surface area (Å²) in [7, 11) is -2.15. The molecule has 9 heteroatoms. The van der Waals surface area contributed by atoms with Crippen LogP contribution in [0.15, 0.2) is 29.2 Å². The van der Waals surface area contributed by atoms with Gasteiger partial charge in [-0.15, -0.1) is 16.7 Å². The minimum absolute atomic E-state index is 0.0704. The van der Waals surface area contributed by atoms with Crippen molar-refractivity contribution in [2.75, 3.05) is 4.72 Å². The summed E-state index contributed by atoms with van der Waals surface area (Å²) in [5.74, 6) is 0.262. The molecule has 0 bridgehead atoms. The Morgan fingerprint density at radius 3 is 2.50 bits per heavy atom. The molecule has 0 saturated carbocycles. The van der Waals surface area contributed by atoms with Crippen LogP contribution in [0.3, 0.4) is 0 Å². The van der Waals surface area contributed by atoms with E-state index in [4.69, 9.17) is 11.6 Å². The topological polar surface area (TPSA) is 89.8 Å². The Hall–Kier alpha value is -1.67. The van der Waals surface area contributed by atoms with E-state index in [1.807, 2.05) is 0 Å². The second kappa shape index (κ2) is 4.91. The molecule has 2 rings (SSSR count). The van der Waals surface area contributed by atoms with Crippen molar-refractivity contribution in [1.82, 2.24) is 20.2 Å². The van der Waals surface area contributed by atoms with E-state index in [1.165, 1.54) is 12.1 Å². The number of anilines is 1. The van der Waals surface area contributed by atoms with Crippen LogP contribution >= 0.6 is 11.6 Å². The Morgan fingerprint density at radius 2 is 2.00 bits per heavy atom. The van der Waals surface area contributed by atoms with E-state index in [2.05, 4.69) is 20.1 Å². The summed E-state index contributed by atoms with van der Waals surface area (Å²) in [5, 5.41) is 10.8. The monoisotopic (exact) mass is 287 g/mol. The maximum Gasteiger partial charge on any atom is 0.277 e. The van der Waals surface area contributed by atoms with Crippen molar-refractivity contribution in [2.24, 2.45) is 7.05 Å². The molecule has 0 spiro atoms. The summed E-state index contributed by atoms with van der Waals surface area (Å²) in [4.78, 5) is 1.28. The predicted octanol–water partition coefficient (Wildman–Crippen LogP) is 0.750. The first-order valence-corrected chi connectivity index (χ1v) is 6.95. The van der Waals surface area contributed by atoms with Crippen molar-refractivity contribution in [3.63, 3.8) is 0 Å². The second-order valence-electron chi connectivity index (χ2n) is 3.49. The number of rotatable bonds is 4. The molecular weight excluding hydrogens is 278 g/mol. The average Bonchev–Trinajstić information content (AvgIpc) is 2.74. The molecule has 0 fully saturated rings. The minimum atomic E-state index is -3.70. The first-order valence-electron chi connectivity index (χ1n) is 4.93. The van der Waals surface area contributed by atoms with Gasteiger partial charge in [0.1, 0.15) is 0 Å². The van der Waals surface area contributed by atoms with Gasteiger partial charge in [-0.1, -0.05) is 17.2 Å². The van der Waals surface area contributed by atoms with E-state index < -0.39 is 10.0 Å². The molecule has 0 amide bonds. The number of sulfonamides is 1. The van der Waals surface area contributed by atoms with Gasteiger partial charge >= 0.3 is 0 Å². The first kappa shape index (κ1) is 12.8.